The molecule has 2 saturated heterocycles. The van der Waals surface area contributed by atoms with Gasteiger partial charge >= 0.3 is 0 Å². The average molecular weight is 212 g/mol. The van der Waals surface area contributed by atoms with Crippen molar-refractivity contribution < 1.29 is 9.53 Å². The van der Waals surface area contributed by atoms with Gasteiger partial charge in [0.2, 0.25) is 5.91 Å². The smallest absolute Gasteiger partial charge is 0.222 e. The first kappa shape index (κ1) is 10.9. The van der Waals surface area contributed by atoms with Crippen molar-refractivity contribution in [3.8, 4) is 0 Å². The molecule has 0 radical (unpaired) electrons. The summed E-state index contributed by atoms with van der Waals surface area (Å²) in [6, 6.07) is 0.472. The number of fused-ring (bicyclic) bond motifs is 1. The summed E-state index contributed by atoms with van der Waals surface area (Å²) in [6.07, 6.45) is 2.65. The maximum Gasteiger partial charge on any atom is 0.222 e. The molecule has 2 fully saturated rings. The zero-order chi connectivity index (χ0) is 10.7. The standard InChI is InChI=1S/C11H20N2O2/c1-15-6-2-3-11(14)13-5-4-9-7-12-8-10(9)13/h9-10,12H,2-8H2,1H3/t9-,10+/m0/s1. The molecule has 1 amide bonds. The van der Waals surface area contributed by atoms with E-state index in [1.54, 1.807) is 7.11 Å². The second kappa shape index (κ2) is 4.94. The van der Waals surface area contributed by atoms with Crippen LogP contribution < -0.4 is 5.32 Å². The van der Waals surface area contributed by atoms with Crippen LogP contribution in [-0.2, 0) is 9.53 Å². The molecule has 2 aliphatic rings. The number of rotatable bonds is 4. The number of likely N-dealkylation sites (tertiary alicyclic amines) is 1. The van der Waals surface area contributed by atoms with E-state index in [4.69, 9.17) is 4.74 Å². The summed E-state index contributed by atoms with van der Waals surface area (Å²) in [5.41, 5.74) is 0. The zero-order valence-electron chi connectivity index (χ0n) is 9.37. The van der Waals surface area contributed by atoms with E-state index in [-0.39, 0.29) is 0 Å². The van der Waals surface area contributed by atoms with E-state index in [0.29, 0.717) is 30.9 Å². The molecule has 0 aromatic carbocycles. The van der Waals surface area contributed by atoms with Crippen LogP contribution in [0.2, 0.25) is 0 Å². The topological polar surface area (TPSA) is 41.6 Å². The second-order valence-electron chi connectivity index (χ2n) is 4.46. The Morgan fingerprint density at radius 3 is 3.20 bits per heavy atom. The van der Waals surface area contributed by atoms with Crippen LogP contribution in [0.4, 0.5) is 0 Å². The molecule has 2 atom stereocenters. The molecule has 0 aromatic heterocycles. The van der Waals surface area contributed by atoms with E-state index in [1.807, 2.05) is 0 Å². The highest BCUT2D eigenvalue weighted by atomic mass is 16.5. The van der Waals surface area contributed by atoms with Crippen LogP contribution in [-0.4, -0.2) is 50.2 Å². The Hall–Kier alpha value is -0.610. The van der Waals surface area contributed by atoms with E-state index in [2.05, 4.69) is 10.2 Å². The summed E-state index contributed by atoms with van der Waals surface area (Å²) in [5.74, 6) is 1.01. The Morgan fingerprint density at radius 1 is 1.53 bits per heavy atom. The number of carbonyl (C=O) groups excluding carboxylic acids is 1. The van der Waals surface area contributed by atoms with Gasteiger partial charge in [-0.1, -0.05) is 0 Å². The van der Waals surface area contributed by atoms with Crippen molar-refractivity contribution in [2.75, 3.05) is 33.4 Å². The summed E-state index contributed by atoms with van der Waals surface area (Å²) >= 11 is 0. The number of amides is 1. The molecule has 2 rings (SSSR count). The Balaban J connectivity index is 1.80. The highest BCUT2D eigenvalue weighted by Crippen LogP contribution is 2.27. The van der Waals surface area contributed by atoms with Crippen molar-refractivity contribution in [2.45, 2.75) is 25.3 Å². The van der Waals surface area contributed by atoms with Gasteiger partial charge in [0.15, 0.2) is 0 Å². The minimum absolute atomic E-state index is 0.309. The number of hydrogen-bond donors (Lipinski definition) is 1. The third kappa shape index (κ3) is 2.32. The Bertz CT molecular complexity index is 233. The van der Waals surface area contributed by atoms with Gasteiger partial charge in [-0.3, -0.25) is 4.79 Å². The Morgan fingerprint density at radius 2 is 2.40 bits per heavy atom. The number of nitrogens with zero attached hydrogens (tertiary/aromatic N) is 1. The molecule has 2 aliphatic heterocycles. The Kier molecular flexibility index (Phi) is 3.59. The van der Waals surface area contributed by atoms with E-state index in [1.165, 1.54) is 6.42 Å². The first-order valence-electron chi connectivity index (χ1n) is 5.82. The van der Waals surface area contributed by atoms with Crippen molar-refractivity contribution in [3.63, 3.8) is 0 Å². The molecule has 86 valence electrons. The molecule has 4 heteroatoms. The molecule has 1 N–H and O–H groups in total. The third-order valence-electron chi connectivity index (χ3n) is 3.50. The fourth-order valence-corrected chi connectivity index (χ4v) is 2.67. The molecule has 0 saturated carbocycles. The van der Waals surface area contributed by atoms with E-state index >= 15 is 0 Å². The first-order chi connectivity index (χ1) is 7.33. The number of carbonyl (C=O) groups is 1. The molecule has 2 heterocycles. The fourth-order valence-electron chi connectivity index (χ4n) is 2.67. The molecule has 15 heavy (non-hydrogen) atoms. The van der Waals surface area contributed by atoms with Crippen molar-refractivity contribution in [1.82, 2.24) is 10.2 Å². The highest BCUT2D eigenvalue weighted by molar-refractivity contribution is 5.77. The van der Waals surface area contributed by atoms with Gasteiger partial charge in [0, 0.05) is 45.8 Å². The predicted molar refractivity (Wildman–Crippen MR) is 57.6 cm³/mol. The maximum absolute atomic E-state index is 11.9. The molecule has 0 aliphatic carbocycles. The van der Waals surface area contributed by atoms with Gasteiger partial charge in [0.05, 0.1) is 0 Å². The SMILES string of the molecule is COCCCC(=O)N1CC[C@H]2CNC[C@H]21. The van der Waals surface area contributed by atoms with Gasteiger partial charge in [0.25, 0.3) is 0 Å². The number of nitrogens with one attached hydrogen (secondary N) is 1. The maximum atomic E-state index is 11.9. The van der Waals surface area contributed by atoms with Gasteiger partial charge in [-0.2, -0.15) is 0 Å². The number of hydrogen-bond acceptors (Lipinski definition) is 3. The molecule has 0 bridgehead atoms. The quantitative estimate of drug-likeness (QED) is 0.678. The van der Waals surface area contributed by atoms with Gasteiger partial charge in [-0.25, -0.2) is 0 Å². The van der Waals surface area contributed by atoms with Crippen LogP contribution in [0, 0.1) is 5.92 Å². The third-order valence-corrected chi connectivity index (χ3v) is 3.50. The van der Waals surface area contributed by atoms with Crippen LogP contribution in [0.5, 0.6) is 0 Å². The monoisotopic (exact) mass is 212 g/mol. The predicted octanol–water partition coefficient (Wildman–Crippen LogP) is 0.233. The molecule has 4 nitrogen and oxygen atoms in total. The van der Waals surface area contributed by atoms with E-state index in [9.17, 15) is 4.79 Å². The summed E-state index contributed by atoms with van der Waals surface area (Å²) < 4.78 is 4.96. The lowest BCUT2D eigenvalue weighted by molar-refractivity contribution is -0.132. The van der Waals surface area contributed by atoms with Crippen LogP contribution in [0.15, 0.2) is 0 Å². The van der Waals surface area contributed by atoms with E-state index < -0.39 is 0 Å². The van der Waals surface area contributed by atoms with Gasteiger partial charge in [-0.15, -0.1) is 0 Å². The van der Waals surface area contributed by atoms with Crippen LogP contribution >= 0.6 is 0 Å². The number of ether oxygens (including phenoxy) is 1. The lowest BCUT2D eigenvalue weighted by Crippen LogP contribution is -2.39. The first-order valence-corrected chi connectivity index (χ1v) is 5.82. The van der Waals surface area contributed by atoms with Crippen molar-refractivity contribution in [1.29, 1.82) is 0 Å². The van der Waals surface area contributed by atoms with Crippen LogP contribution in [0.25, 0.3) is 0 Å². The van der Waals surface area contributed by atoms with Crippen LogP contribution in [0.3, 0.4) is 0 Å². The second-order valence-corrected chi connectivity index (χ2v) is 4.46. The molecular weight excluding hydrogens is 192 g/mol. The molecule has 0 unspecified atom stereocenters. The van der Waals surface area contributed by atoms with Crippen molar-refractivity contribution in [3.05, 3.63) is 0 Å². The highest BCUT2D eigenvalue weighted by Gasteiger charge is 2.39. The summed E-state index contributed by atoms with van der Waals surface area (Å²) in [7, 11) is 1.68. The average Bonchev–Trinajstić information content (AvgIpc) is 2.78. The Labute approximate surface area is 91.0 Å². The summed E-state index contributed by atoms with van der Waals surface area (Å²) in [4.78, 5) is 14.0. The van der Waals surface area contributed by atoms with Gasteiger partial charge < -0.3 is 15.0 Å². The summed E-state index contributed by atoms with van der Waals surface area (Å²) in [6.45, 7) is 3.72. The minimum atomic E-state index is 0.309. The zero-order valence-corrected chi connectivity index (χ0v) is 9.37. The van der Waals surface area contributed by atoms with Crippen LogP contribution in [0.1, 0.15) is 19.3 Å². The molecular formula is C11H20N2O2. The fraction of sp³-hybridized carbons (Fsp3) is 0.909. The summed E-state index contributed by atoms with van der Waals surface area (Å²) in [5, 5.41) is 3.36. The lowest BCUT2D eigenvalue weighted by atomic mass is 10.1. The lowest BCUT2D eigenvalue weighted by Gasteiger charge is -2.23. The molecule has 0 spiro atoms. The number of methoxy groups -OCH3 is 1. The van der Waals surface area contributed by atoms with Gasteiger partial charge in [0.1, 0.15) is 0 Å². The largest absolute Gasteiger partial charge is 0.385 e. The van der Waals surface area contributed by atoms with Gasteiger partial charge in [-0.05, 0) is 18.8 Å². The minimum Gasteiger partial charge on any atom is -0.385 e. The van der Waals surface area contributed by atoms with E-state index in [0.717, 1.165) is 26.1 Å². The molecule has 0 aromatic rings. The normalized spacial score (nSPS) is 29.5. The van der Waals surface area contributed by atoms with Crippen molar-refractivity contribution in [2.24, 2.45) is 5.92 Å². The van der Waals surface area contributed by atoms with Crippen molar-refractivity contribution >= 4 is 5.91 Å².